The highest BCUT2D eigenvalue weighted by molar-refractivity contribution is 8.00. The Kier molecular flexibility index (Phi) is 6.28. The molecular formula is C20H19F3N2O2S. The molecule has 4 nitrogen and oxygen atoms in total. The van der Waals surface area contributed by atoms with Crippen LogP contribution in [0.3, 0.4) is 0 Å². The molecule has 2 aromatic carbocycles. The molecule has 1 unspecified atom stereocenters. The largest absolute Gasteiger partial charge is 0.446 e. The minimum absolute atomic E-state index is 0.00337. The second-order valence-corrected chi connectivity index (χ2v) is 7.71. The molecule has 0 bridgehead atoms. The Hall–Kier alpha value is -2.48. The summed E-state index contributed by atoms with van der Waals surface area (Å²) in [4.78, 5) is 25.0. The maximum absolute atomic E-state index is 12.5. The zero-order chi connectivity index (χ0) is 20.1. The van der Waals surface area contributed by atoms with Crippen LogP contribution in [0.25, 0.3) is 0 Å². The van der Waals surface area contributed by atoms with Gasteiger partial charge in [-0.25, -0.2) is 0 Å². The first-order valence-electron chi connectivity index (χ1n) is 8.81. The van der Waals surface area contributed by atoms with Crippen LogP contribution in [0.5, 0.6) is 0 Å². The van der Waals surface area contributed by atoms with Crippen molar-refractivity contribution in [1.82, 2.24) is 10.6 Å². The summed E-state index contributed by atoms with van der Waals surface area (Å²) in [7, 11) is 0. The number of benzene rings is 2. The van der Waals surface area contributed by atoms with Crippen molar-refractivity contribution in [2.24, 2.45) is 0 Å². The molecule has 1 saturated carbocycles. The highest BCUT2D eigenvalue weighted by Crippen LogP contribution is 2.36. The van der Waals surface area contributed by atoms with E-state index < -0.39 is 17.5 Å². The van der Waals surface area contributed by atoms with Crippen LogP contribution in [-0.4, -0.2) is 29.4 Å². The van der Waals surface area contributed by atoms with Crippen molar-refractivity contribution in [2.45, 2.75) is 41.7 Å². The molecule has 1 aliphatic rings. The lowest BCUT2D eigenvalue weighted by Gasteiger charge is -2.19. The zero-order valence-corrected chi connectivity index (χ0v) is 15.6. The Morgan fingerprint density at radius 1 is 1.04 bits per heavy atom. The highest BCUT2D eigenvalue weighted by Gasteiger charge is 2.30. The number of carbonyl (C=O) groups is 2. The van der Waals surface area contributed by atoms with Gasteiger partial charge in [-0.1, -0.05) is 30.3 Å². The van der Waals surface area contributed by atoms with Crippen molar-refractivity contribution < 1.29 is 22.8 Å². The molecular weight excluding hydrogens is 389 g/mol. The van der Waals surface area contributed by atoms with Crippen LogP contribution in [0, 0.1) is 0 Å². The predicted molar refractivity (Wildman–Crippen MR) is 101 cm³/mol. The number of halogens is 3. The fraction of sp³-hybridized carbons (Fsp3) is 0.300. The molecule has 8 heteroatoms. The van der Waals surface area contributed by atoms with Gasteiger partial charge in [-0.15, -0.1) is 0 Å². The van der Waals surface area contributed by atoms with E-state index in [1.54, 1.807) is 0 Å². The number of carbonyl (C=O) groups excluding carboxylic acids is 2. The van der Waals surface area contributed by atoms with Gasteiger partial charge in [0.15, 0.2) is 0 Å². The van der Waals surface area contributed by atoms with Gasteiger partial charge in [0.2, 0.25) is 5.91 Å². The van der Waals surface area contributed by atoms with Gasteiger partial charge in [-0.2, -0.15) is 13.2 Å². The standard InChI is InChI=1S/C20H19F3N2O2S/c21-20(22,23)28-16-10-6-14(7-11-16)18(26)25-17(19(27)24-15-8-9-15)12-13-4-2-1-3-5-13/h1-7,10-11,15,17H,8-9,12H2,(H,24,27)(H,25,26). The van der Waals surface area contributed by atoms with Crippen molar-refractivity contribution in [3.8, 4) is 0 Å². The quantitative estimate of drug-likeness (QED) is 0.683. The first kappa shape index (κ1) is 20.3. The average molecular weight is 408 g/mol. The molecule has 2 amide bonds. The molecule has 0 radical (unpaired) electrons. The predicted octanol–water partition coefficient (Wildman–Crippen LogP) is 3.92. The van der Waals surface area contributed by atoms with E-state index in [0.717, 1.165) is 18.4 Å². The molecule has 148 valence electrons. The molecule has 0 aromatic heterocycles. The maximum Gasteiger partial charge on any atom is 0.446 e. The monoisotopic (exact) mass is 408 g/mol. The third-order valence-corrected chi connectivity index (χ3v) is 4.92. The number of nitrogens with one attached hydrogen (secondary N) is 2. The van der Waals surface area contributed by atoms with E-state index in [9.17, 15) is 22.8 Å². The molecule has 1 aliphatic carbocycles. The Balaban J connectivity index is 1.68. The van der Waals surface area contributed by atoms with E-state index in [1.165, 1.54) is 24.3 Å². The van der Waals surface area contributed by atoms with Gasteiger partial charge in [0, 0.05) is 22.9 Å². The van der Waals surface area contributed by atoms with Gasteiger partial charge in [0.25, 0.3) is 5.91 Å². The SMILES string of the molecule is O=C(NC(Cc1ccccc1)C(=O)NC1CC1)c1ccc(SC(F)(F)F)cc1. The molecule has 0 spiro atoms. The van der Waals surface area contributed by atoms with Gasteiger partial charge >= 0.3 is 5.51 Å². The van der Waals surface area contributed by atoms with Crippen LogP contribution in [0.2, 0.25) is 0 Å². The average Bonchev–Trinajstić information content (AvgIpc) is 3.45. The van der Waals surface area contributed by atoms with Gasteiger partial charge in [-0.3, -0.25) is 9.59 Å². The van der Waals surface area contributed by atoms with Gasteiger partial charge in [0.05, 0.1) is 0 Å². The Labute approximate surface area is 164 Å². The van der Waals surface area contributed by atoms with Crippen molar-refractivity contribution in [3.63, 3.8) is 0 Å². The number of alkyl halides is 3. The minimum atomic E-state index is -4.38. The molecule has 0 aliphatic heterocycles. The zero-order valence-electron chi connectivity index (χ0n) is 14.8. The highest BCUT2D eigenvalue weighted by atomic mass is 32.2. The van der Waals surface area contributed by atoms with E-state index in [-0.39, 0.29) is 34.2 Å². The molecule has 2 N–H and O–H groups in total. The maximum atomic E-state index is 12.5. The summed E-state index contributed by atoms with van der Waals surface area (Å²) < 4.78 is 37.3. The lowest BCUT2D eigenvalue weighted by molar-refractivity contribution is -0.123. The van der Waals surface area contributed by atoms with Crippen molar-refractivity contribution in [3.05, 3.63) is 65.7 Å². The number of hydrogen-bond donors (Lipinski definition) is 2. The van der Waals surface area contributed by atoms with Gasteiger partial charge in [-0.05, 0) is 54.4 Å². The molecule has 1 fully saturated rings. The van der Waals surface area contributed by atoms with Crippen molar-refractivity contribution >= 4 is 23.6 Å². The van der Waals surface area contributed by atoms with Crippen molar-refractivity contribution in [1.29, 1.82) is 0 Å². The Morgan fingerprint density at radius 2 is 1.68 bits per heavy atom. The van der Waals surface area contributed by atoms with Crippen LogP contribution in [0.4, 0.5) is 13.2 Å². The minimum Gasteiger partial charge on any atom is -0.352 e. The lowest BCUT2D eigenvalue weighted by Crippen LogP contribution is -2.48. The first-order valence-corrected chi connectivity index (χ1v) is 9.63. The number of hydrogen-bond acceptors (Lipinski definition) is 3. The summed E-state index contributed by atoms with van der Waals surface area (Å²) in [6.45, 7) is 0. The van der Waals surface area contributed by atoms with Crippen LogP contribution in [-0.2, 0) is 11.2 Å². The molecule has 1 atom stereocenters. The second-order valence-electron chi connectivity index (χ2n) is 6.57. The van der Waals surface area contributed by atoms with E-state index in [1.807, 2.05) is 30.3 Å². The van der Waals surface area contributed by atoms with Crippen LogP contribution >= 0.6 is 11.8 Å². The smallest absolute Gasteiger partial charge is 0.352 e. The molecule has 0 saturated heterocycles. The summed E-state index contributed by atoms with van der Waals surface area (Å²) >= 11 is -0.240. The molecule has 3 rings (SSSR count). The summed E-state index contributed by atoms with van der Waals surface area (Å²) in [5.74, 6) is -0.764. The van der Waals surface area contributed by atoms with Gasteiger partial charge < -0.3 is 10.6 Å². The van der Waals surface area contributed by atoms with Crippen LogP contribution in [0.15, 0.2) is 59.5 Å². The topological polar surface area (TPSA) is 58.2 Å². The van der Waals surface area contributed by atoms with Crippen molar-refractivity contribution in [2.75, 3.05) is 0 Å². The molecule has 0 heterocycles. The Bertz CT molecular complexity index is 822. The number of rotatable bonds is 7. The Morgan fingerprint density at radius 3 is 2.25 bits per heavy atom. The third kappa shape index (κ3) is 6.30. The van der Waals surface area contributed by atoms with Gasteiger partial charge in [0.1, 0.15) is 6.04 Å². The summed E-state index contributed by atoms with van der Waals surface area (Å²) in [6, 6.07) is 13.8. The first-order chi connectivity index (χ1) is 13.3. The fourth-order valence-corrected chi connectivity index (χ4v) is 3.18. The van der Waals surface area contributed by atoms with Crippen LogP contribution < -0.4 is 10.6 Å². The van der Waals surface area contributed by atoms with E-state index in [4.69, 9.17) is 0 Å². The fourth-order valence-electron chi connectivity index (χ4n) is 2.64. The summed E-state index contributed by atoms with van der Waals surface area (Å²) in [6.07, 6.45) is 2.18. The number of amides is 2. The normalized spacial score (nSPS) is 15.0. The molecule has 2 aromatic rings. The van der Waals surface area contributed by atoms with Crippen LogP contribution in [0.1, 0.15) is 28.8 Å². The lowest BCUT2D eigenvalue weighted by atomic mass is 10.0. The molecule has 28 heavy (non-hydrogen) atoms. The van der Waals surface area contributed by atoms with E-state index >= 15 is 0 Å². The third-order valence-electron chi connectivity index (χ3n) is 4.18. The second kappa shape index (κ2) is 8.68. The number of thioether (sulfide) groups is 1. The summed E-state index contributed by atoms with van der Waals surface area (Å²) in [5, 5.41) is 5.59. The summed E-state index contributed by atoms with van der Waals surface area (Å²) in [5.41, 5.74) is -3.29. The van der Waals surface area contributed by atoms with E-state index in [0.29, 0.717) is 6.42 Å². The van der Waals surface area contributed by atoms with E-state index in [2.05, 4.69) is 10.6 Å².